The Morgan fingerprint density at radius 1 is 1.27 bits per heavy atom. The number of nitro benzene ring substituents is 1. The Morgan fingerprint density at radius 2 is 2.04 bits per heavy atom. The van der Waals surface area contributed by atoms with E-state index < -0.39 is 10.8 Å². The molecular formula is C18H17N3O5. The first kappa shape index (κ1) is 17.4. The van der Waals surface area contributed by atoms with Crippen molar-refractivity contribution in [1.82, 2.24) is 5.32 Å². The van der Waals surface area contributed by atoms with Crippen molar-refractivity contribution in [2.75, 3.05) is 18.6 Å². The highest BCUT2D eigenvalue weighted by Crippen LogP contribution is 2.25. The Hall–Kier alpha value is -3.42. The molecule has 26 heavy (non-hydrogen) atoms. The SMILES string of the molecule is COc1cccc(N2C[C@H](NC(=O)c3cccc([N+](=O)[O-])c3)CC2=O)c1. The van der Waals surface area contributed by atoms with E-state index in [0.717, 1.165) is 0 Å². The third-order valence-electron chi connectivity index (χ3n) is 4.14. The number of carbonyl (C=O) groups is 2. The number of hydrogen-bond acceptors (Lipinski definition) is 5. The summed E-state index contributed by atoms with van der Waals surface area (Å²) >= 11 is 0. The Balaban J connectivity index is 1.70. The van der Waals surface area contributed by atoms with Crippen molar-refractivity contribution in [3.8, 4) is 5.75 Å². The van der Waals surface area contributed by atoms with Crippen molar-refractivity contribution in [3.05, 3.63) is 64.2 Å². The molecule has 2 aromatic carbocycles. The van der Waals surface area contributed by atoms with E-state index in [4.69, 9.17) is 4.74 Å². The maximum atomic E-state index is 12.3. The number of rotatable bonds is 5. The van der Waals surface area contributed by atoms with Crippen LogP contribution in [0.15, 0.2) is 48.5 Å². The molecule has 0 aliphatic carbocycles. The molecule has 0 saturated carbocycles. The molecule has 1 N–H and O–H groups in total. The number of nitrogens with zero attached hydrogens (tertiary/aromatic N) is 2. The molecular weight excluding hydrogens is 338 g/mol. The lowest BCUT2D eigenvalue weighted by Gasteiger charge is -2.18. The standard InChI is InChI=1S/C18H17N3O5/c1-26-16-7-3-5-14(10-16)20-11-13(9-17(20)22)19-18(23)12-4-2-6-15(8-12)21(24)25/h2-8,10,13H,9,11H2,1H3,(H,19,23)/t13-/m1/s1. The van der Waals surface area contributed by atoms with Crippen LogP contribution in [0.2, 0.25) is 0 Å². The number of nitro groups is 1. The van der Waals surface area contributed by atoms with Crippen LogP contribution in [0.4, 0.5) is 11.4 Å². The minimum absolute atomic E-state index is 0.109. The second-order valence-corrected chi connectivity index (χ2v) is 5.89. The molecule has 0 unspecified atom stereocenters. The van der Waals surface area contributed by atoms with Gasteiger partial charge in [-0.2, -0.15) is 0 Å². The van der Waals surface area contributed by atoms with Crippen LogP contribution in [0.5, 0.6) is 5.75 Å². The van der Waals surface area contributed by atoms with Crippen LogP contribution < -0.4 is 15.0 Å². The highest BCUT2D eigenvalue weighted by molar-refractivity contribution is 5.99. The molecule has 1 aliphatic rings. The molecule has 1 saturated heterocycles. The van der Waals surface area contributed by atoms with Gasteiger partial charge in [-0.25, -0.2) is 0 Å². The van der Waals surface area contributed by atoms with Crippen LogP contribution in [0.25, 0.3) is 0 Å². The summed E-state index contributed by atoms with van der Waals surface area (Å²) in [4.78, 5) is 36.5. The Bertz CT molecular complexity index is 867. The van der Waals surface area contributed by atoms with E-state index in [1.165, 1.54) is 24.3 Å². The van der Waals surface area contributed by atoms with Gasteiger partial charge in [-0.05, 0) is 18.2 Å². The molecule has 8 heteroatoms. The van der Waals surface area contributed by atoms with E-state index in [2.05, 4.69) is 5.32 Å². The summed E-state index contributed by atoms with van der Waals surface area (Å²) in [6, 6.07) is 12.2. The lowest BCUT2D eigenvalue weighted by molar-refractivity contribution is -0.384. The first-order chi connectivity index (χ1) is 12.5. The van der Waals surface area contributed by atoms with Crippen molar-refractivity contribution >= 4 is 23.2 Å². The molecule has 1 fully saturated rings. The molecule has 3 rings (SSSR count). The largest absolute Gasteiger partial charge is 0.497 e. The van der Waals surface area contributed by atoms with Crippen LogP contribution in [0, 0.1) is 10.1 Å². The van der Waals surface area contributed by atoms with Gasteiger partial charge in [0.1, 0.15) is 5.75 Å². The second-order valence-electron chi connectivity index (χ2n) is 5.89. The number of anilines is 1. The lowest BCUT2D eigenvalue weighted by Crippen LogP contribution is -2.37. The van der Waals surface area contributed by atoms with E-state index in [0.29, 0.717) is 18.0 Å². The molecule has 134 valence electrons. The van der Waals surface area contributed by atoms with Crippen LogP contribution in [-0.4, -0.2) is 36.4 Å². The number of methoxy groups -OCH3 is 1. The number of benzene rings is 2. The average molecular weight is 355 g/mol. The minimum atomic E-state index is -0.555. The van der Waals surface area contributed by atoms with Crippen molar-refractivity contribution in [2.24, 2.45) is 0 Å². The van der Waals surface area contributed by atoms with Gasteiger partial charge in [-0.3, -0.25) is 19.7 Å². The number of ether oxygens (including phenoxy) is 1. The molecule has 0 spiro atoms. The zero-order chi connectivity index (χ0) is 18.7. The van der Waals surface area contributed by atoms with Gasteiger partial charge in [0.15, 0.2) is 0 Å². The zero-order valence-corrected chi connectivity index (χ0v) is 14.0. The van der Waals surface area contributed by atoms with Crippen molar-refractivity contribution in [1.29, 1.82) is 0 Å². The number of hydrogen-bond donors (Lipinski definition) is 1. The predicted molar refractivity (Wildman–Crippen MR) is 94.3 cm³/mol. The van der Waals surface area contributed by atoms with Crippen molar-refractivity contribution in [2.45, 2.75) is 12.5 Å². The maximum Gasteiger partial charge on any atom is 0.270 e. The van der Waals surface area contributed by atoms with Crippen molar-refractivity contribution in [3.63, 3.8) is 0 Å². The third kappa shape index (κ3) is 3.64. The summed E-state index contributed by atoms with van der Waals surface area (Å²) < 4.78 is 5.17. The monoisotopic (exact) mass is 355 g/mol. The first-order valence-electron chi connectivity index (χ1n) is 7.97. The number of non-ortho nitro benzene ring substituents is 1. The van der Waals surface area contributed by atoms with Crippen LogP contribution >= 0.6 is 0 Å². The van der Waals surface area contributed by atoms with Gasteiger partial charge in [0.05, 0.1) is 18.1 Å². The summed E-state index contributed by atoms with van der Waals surface area (Å²) in [5.41, 5.74) is 0.728. The fourth-order valence-corrected chi connectivity index (χ4v) is 2.86. The maximum absolute atomic E-state index is 12.3. The van der Waals surface area contributed by atoms with Gasteiger partial charge in [0, 0.05) is 42.4 Å². The van der Waals surface area contributed by atoms with E-state index in [1.807, 2.05) is 0 Å². The highest BCUT2D eigenvalue weighted by Gasteiger charge is 2.32. The zero-order valence-electron chi connectivity index (χ0n) is 14.0. The number of carbonyl (C=O) groups excluding carboxylic acids is 2. The van der Waals surface area contributed by atoms with Gasteiger partial charge < -0.3 is 15.0 Å². The molecule has 8 nitrogen and oxygen atoms in total. The average Bonchev–Trinajstić information content (AvgIpc) is 3.02. The summed E-state index contributed by atoms with van der Waals surface area (Å²) in [7, 11) is 1.55. The molecule has 1 aliphatic heterocycles. The van der Waals surface area contributed by atoms with E-state index in [1.54, 1.807) is 36.3 Å². The van der Waals surface area contributed by atoms with Crippen LogP contribution in [0.3, 0.4) is 0 Å². The fraction of sp³-hybridized carbons (Fsp3) is 0.222. The Kier molecular flexibility index (Phi) is 4.83. The van der Waals surface area contributed by atoms with Gasteiger partial charge in [0.25, 0.3) is 11.6 Å². The topological polar surface area (TPSA) is 102 Å². The number of amides is 2. The number of nitrogens with one attached hydrogen (secondary N) is 1. The Morgan fingerprint density at radius 3 is 2.77 bits per heavy atom. The van der Waals surface area contributed by atoms with Crippen LogP contribution in [0.1, 0.15) is 16.8 Å². The highest BCUT2D eigenvalue weighted by atomic mass is 16.6. The van der Waals surface area contributed by atoms with Crippen molar-refractivity contribution < 1.29 is 19.2 Å². The molecule has 0 radical (unpaired) electrons. The molecule has 2 aromatic rings. The molecule has 1 atom stereocenters. The third-order valence-corrected chi connectivity index (χ3v) is 4.14. The van der Waals surface area contributed by atoms with E-state index in [9.17, 15) is 19.7 Å². The minimum Gasteiger partial charge on any atom is -0.497 e. The molecule has 2 amide bonds. The summed E-state index contributed by atoms with van der Waals surface area (Å²) in [5, 5.41) is 13.6. The smallest absolute Gasteiger partial charge is 0.270 e. The van der Waals surface area contributed by atoms with Gasteiger partial charge >= 0.3 is 0 Å². The normalized spacial score (nSPS) is 16.4. The predicted octanol–water partition coefficient (Wildman–Crippen LogP) is 2.14. The van der Waals surface area contributed by atoms with E-state index in [-0.39, 0.29) is 29.6 Å². The van der Waals surface area contributed by atoms with Crippen LogP contribution in [-0.2, 0) is 4.79 Å². The second kappa shape index (κ2) is 7.22. The molecule has 0 aromatic heterocycles. The van der Waals surface area contributed by atoms with Gasteiger partial charge in [-0.15, -0.1) is 0 Å². The van der Waals surface area contributed by atoms with Gasteiger partial charge in [-0.1, -0.05) is 12.1 Å². The van der Waals surface area contributed by atoms with Gasteiger partial charge in [0.2, 0.25) is 5.91 Å². The quantitative estimate of drug-likeness (QED) is 0.654. The fourth-order valence-electron chi connectivity index (χ4n) is 2.86. The summed E-state index contributed by atoms with van der Waals surface area (Å²) in [5.74, 6) is 0.0842. The Labute approximate surface area is 149 Å². The summed E-state index contributed by atoms with van der Waals surface area (Å²) in [6.45, 7) is 0.326. The molecule has 0 bridgehead atoms. The molecule has 1 heterocycles. The summed E-state index contributed by atoms with van der Waals surface area (Å²) in [6.07, 6.45) is 0.165. The lowest BCUT2D eigenvalue weighted by atomic mass is 10.1. The first-order valence-corrected chi connectivity index (χ1v) is 7.97. The van der Waals surface area contributed by atoms with E-state index >= 15 is 0 Å².